The van der Waals surface area contributed by atoms with E-state index < -0.39 is 0 Å². The molecule has 5 heteroatoms. The van der Waals surface area contributed by atoms with E-state index in [2.05, 4.69) is 21.9 Å². The second-order valence-corrected chi connectivity index (χ2v) is 3.26. The van der Waals surface area contributed by atoms with Crippen LogP contribution in [0.2, 0.25) is 0 Å². The minimum atomic E-state index is -0.178. The van der Waals surface area contributed by atoms with Gasteiger partial charge in [-0.25, -0.2) is 19.2 Å². The van der Waals surface area contributed by atoms with Gasteiger partial charge in [0.1, 0.15) is 12.2 Å². The summed E-state index contributed by atoms with van der Waals surface area (Å²) < 4.78 is 1.44. The van der Waals surface area contributed by atoms with Crippen molar-refractivity contribution in [3.8, 4) is 0 Å². The lowest BCUT2D eigenvalue weighted by Crippen LogP contribution is -2.17. The molecule has 0 spiro atoms. The first-order valence-electron chi connectivity index (χ1n) is 4.65. The van der Waals surface area contributed by atoms with Crippen molar-refractivity contribution >= 4 is 5.65 Å². The number of aryl methyl sites for hydroxylation is 2. The highest BCUT2D eigenvalue weighted by atomic mass is 16.1. The van der Waals surface area contributed by atoms with Gasteiger partial charge in [-0.1, -0.05) is 13.3 Å². The molecule has 0 aliphatic heterocycles. The number of fused-ring (bicyclic) bond motifs is 1. The van der Waals surface area contributed by atoms with Crippen LogP contribution in [0.25, 0.3) is 5.65 Å². The first-order valence-corrected chi connectivity index (χ1v) is 4.65. The smallest absolute Gasteiger partial charge is 0.295 e. The van der Waals surface area contributed by atoms with E-state index in [-0.39, 0.29) is 5.69 Å². The van der Waals surface area contributed by atoms with Gasteiger partial charge in [-0.05, 0) is 13.3 Å². The van der Waals surface area contributed by atoms with E-state index in [0.29, 0.717) is 11.5 Å². The van der Waals surface area contributed by atoms with Gasteiger partial charge in [0.15, 0.2) is 5.65 Å². The molecule has 2 heterocycles. The highest BCUT2D eigenvalue weighted by molar-refractivity contribution is 5.43. The Bertz CT molecular complexity index is 511. The van der Waals surface area contributed by atoms with E-state index in [0.717, 1.165) is 18.5 Å². The van der Waals surface area contributed by atoms with Gasteiger partial charge in [-0.15, -0.1) is 0 Å². The van der Waals surface area contributed by atoms with E-state index in [1.807, 2.05) is 0 Å². The predicted octanol–water partition coefficient (Wildman–Crippen LogP) is 0.679. The maximum absolute atomic E-state index is 11.4. The zero-order valence-electron chi connectivity index (χ0n) is 8.24. The Labute approximate surface area is 80.8 Å². The molecule has 1 N–H and O–H groups in total. The van der Waals surface area contributed by atoms with Crippen LogP contribution in [-0.4, -0.2) is 19.4 Å². The van der Waals surface area contributed by atoms with Crippen LogP contribution in [0.15, 0.2) is 11.1 Å². The van der Waals surface area contributed by atoms with E-state index >= 15 is 0 Å². The summed E-state index contributed by atoms with van der Waals surface area (Å²) in [6.45, 7) is 3.84. The minimum Gasteiger partial charge on any atom is -0.295 e. The molecule has 0 amide bonds. The molecule has 0 atom stereocenters. The largest absolute Gasteiger partial charge is 0.333 e. The van der Waals surface area contributed by atoms with Crippen LogP contribution >= 0.6 is 0 Å². The summed E-state index contributed by atoms with van der Waals surface area (Å²) in [5.74, 6) is 0.625. The van der Waals surface area contributed by atoms with E-state index in [4.69, 9.17) is 0 Å². The molecular weight excluding hydrogens is 180 g/mol. The van der Waals surface area contributed by atoms with Crippen molar-refractivity contribution in [1.29, 1.82) is 0 Å². The zero-order valence-corrected chi connectivity index (χ0v) is 8.24. The van der Waals surface area contributed by atoms with Crippen molar-refractivity contribution in [2.75, 3.05) is 0 Å². The third kappa shape index (κ3) is 1.30. The van der Waals surface area contributed by atoms with Gasteiger partial charge in [-0.2, -0.15) is 0 Å². The van der Waals surface area contributed by atoms with E-state index in [1.165, 1.54) is 10.7 Å². The standard InChI is InChI=1S/C9H12N4O/c1-3-4-7-8-11-6(2)12-9(14)13(8)5-10-7/h5H,3-4H2,1-2H3,(H,11,12,14). The van der Waals surface area contributed by atoms with Crippen molar-refractivity contribution in [2.45, 2.75) is 26.7 Å². The van der Waals surface area contributed by atoms with Crippen LogP contribution in [0.5, 0.6) is 0 Å². The summed E-state index contributed by atoms with van der Waals surface area (Å²) in [6.07, 6.45) is 3.37. The summed E-state index contributed by atoms with van der Waals surface area (Å²) in [7, 11) is 0. The lowest BCUT2D eigenvalue weighted by Gasteiger charge is -1.96. The number of H-pyrrole nitrogens is 1. The molecule has 2 rings (SSSR count). The summed E-state index contributed by atoms with van der Waals surface area (Å²) in [4.78, 5) is 22.5. The van der Waals surface area contributed by atoms with Gasteiger partial charge in [0.25, 0.3) is 0 Å². The second kappa shape index (κ2) is 3.25. The van der Waals surface area contributed by atoms with E-state index in [9.17, 15) is 4.79 Å². The number of imidazole rings is 1. The lowest BCUT2D eigenvalue weighted by atomic mass is 10.3. The van der Waals surface area contributed by atoms with Gasteiger partial charge < -0.3 is 0 Å². The normalized spacial score (nSPS) is 11.0. The second-order valence-electron chi connectivity index (χ2n) is 3.26. The fourth-order valence-electron chi connectivity index (χ4n) is 1.46. The van der Waals surface area contributed by atoms with Gasteiger partial charge >= 0.3 is 5.69 Å². The van der Waals surface area contributed by atoms with Crippen molar-refractivity contribution < 1.29 is 0 Å². The van der Waals surface area contributed by atoms with Crippen molar-refractivity contribution in [3.63, 3.8) is 0 Å². The molecule has 0 aliphatic rings. The molecule has 0 aliphatic carbocycles. The van der Waals surface area contributed by atoms with Gasteiger partial charge in [0.05, 0.1) is 5.69 Å². The highest BCUT2D eigenvalue weighted by Gasteiger charge is 2.07. The zero-order chi connectivity index (χ0) is 10.1. The Morgan fingerprint density at radius 1 is 1.57 bits per heavy atom. The Hall–Kier alpha value is -1.65. The van der Waals surface area contributed by atoms with Gasteiger partial charge in [0, 0.05) is 0 Å². The third-order valence-electron chi connectivity index (χ3n) is 2.08. The maximum Gasteiger partial charge on any atom is 0.333 e. The molecule has 5 nitrogen and oxygen atoms in total. The number of hydrogen-bond donors (Lipinski definition) is 1. The number of hydrogen-bond acceptors (Lipinski definition) is 3. The van der Waals surface area contributed by atoms with Crippen LogP contribution < -0.4 is 5.69 Å². The molecule has 0 fully saturated rings. The highest BCUT2D eigenvalue weighted by Crippen LogP contribution is 2.06. The average Bonchev–Trinajstić information content (AvgIpc) is 2.49. The Morgan fingerprint density at radius 3 is 3.07 bits per heavy atom. The molecule has 0 radical (unpaired) electrons. The Kier molecular flexibility index (Phi) is 2.07. The molecule has 0 saturated heterocycles. The molecule has 14 heavy (non-hydrogen) atoms. The van der Waals surface area contributed by atoms with Crippen molar-refractivity contribution in [1.82, 2.24) is 19.4 Å². The number of nitrogens with zero attached hydrogens (tertiary/aromatic N) is 3. The molecule has 2 aromatic rings. The molecule has 2 aromatic heterocycles. The number of aromatic amines is 1. The van der Waals surface area contributed by atoms with Crippen LogP contribution in [0.4, 0.5) is 0 Å². The van der Waals surface area contributed by atoms with Crippen LogP contribution in [0, 0.1) is 6.92 Å². The number of rotatable bonds is 2. The molecule has 0 saturated carbocycles. The molecule has 0 aromatic carbocycles. The van der Waals surface area contributed by atoms with Gasteiger partial charge in [-0.3, -0.25) is 4.98 Å². The first kappa shape index (κ1) is 8.93. The van der Waals surface area contributed by atoms with E-state index in [1.54, 1.807) is 6.92 Å². The van der Waals surface area contributed by atoms with Crippen LogP contribution in [0.3, 0.4) is 0 Å². The summed E-state index contributed by atoms with van der Waals surface area (Å²) in [5.41, 5.74) is 1.39. The fourth-order valence-corrected chi connectivity index (χ4v) is 1.46. The third-order valence-corrected chi connectivity index (χ3v) is 2.08. The quantitative estimate of drug-likeness (QED) is 0.761. The first-order chi connectivity index (χ1) is 6.72. The molecule has 0 bridgehead atoms. The SMILES string of the molecule is CCCc1ncn2c(=O)[nH]c(C)nc12. The summed E-state index contributed by atoms with van der Waals surface area (Å²) >= 11 is 0. The predicted molar refractivity (Wildman–Crippen MR) is 52.3 cm³/mol. The summed E-state index contributed by atoms with van der Waals surface area (Å²) in [5, 5.41) is 0. The number of nitrogens with one attached hydrogen (secondary N) is 1. The van der Waals surface area contributed by atoms with Crippen molar-refractivity contribution in [2.24, 2.45) is 0 Å². The monoisotopic (exact) mass is 192 g/mol. The van der Waals surface area contributed by atoms with Crippen molar-refractivity contribution in [3.05, 3.63) is 28.3 Å². The number of aromatic nitrogens is 4. The topological polar surface area (TPSA) is 63.1 Å². The Morgan fingerprint density at radius 2 is 2.36 bits per heavy atom. The maximum atomic E-state index is 11.4. The Balaban J connectivity index is 2.72. The lowest BCUT2D eigenvalue weighted by molar-refractivity contribution is 0.883. The molecule has 74 valence electrons. The van der Waals surface area contributed by atoms with Crippen LogP contribution in [-0.2, 0) is 6.42 Å². The molecular formula is C9H12N4O. The van der Waals surface area contributed by atoms with Crippen LogP contribution in [0.1, 0.15) is 24.9 Å². The van der Waals surface area contributed by atoms with Gasteiger partial charge in [0.2, 0.25) is 0 Å². The average molecular weight is 192 g/mol. The fraction of sp³-hybridized carbons (Fsp3) is 0.444. The summed E-state index contributed by atoms with van der Waals surface area (Å²) in [6, 6.07) is 0. The molecule has 0 unspecified atom stereocenters. The minimum absolute atomic E-state index is 0.178.